The molecule has 106 valence electrons. The maximum Gasteiger partial charge on any atom is 0.239 e. The van der Waals surface area contributed by atoms with Gasteiger partial charge in [0, 0.05) is 18.5 Å². The van der Waals surface area contributed by atoms with Gasteiger partial charge in [0.05, 0.1) is 0 Å². The number of amides is 1. The van der Waals surface area contributed by atoms with E-state index in [1.807, 2.05) is 12.3 Å². The summed E-state index contributed by atoms with van der Waals surface area (Å²) in [6.07, 6.45) is 0.891. The van der Waals surface area contributed by atoms with Crippen molar-refractivity contribution in [2.45, 2.75) is 25.3 Å². The first kappa shape index (κ1) is 14.5. The summed E-state index contributed by atoms with van der Waals surface area (Å²) in [5.74, 6) is -0.466. The van der Waals surface area contributed by atoms with E-state index in [1.165, 1.54) is 12.6 Å². The van der Waals surface area contributed by atoms with Crippen molar-refractivity contribution in [2.24, 2.45) is 0 Å². The topological polar surface area (TPSA) is 66.5 Å². The highest BCUT2D eigenvalue weighted by atomic mass is 32.2. The molecule has 0 unspecified atom stereocenters. The Kier molecular flexibility index (Phi) is 4.27. The van der Waals surface area contributed by atoms with Crippen LogP contribution >= 0.6 is 11.3 Å². The molecule has 0 aromatic carbocycles. The fourth-order valence-corrected chi connectivity index (χ4v) is 3.82. The van der Waals surface area contributed by atoms with E-state index in [1.54, 1.807) is 16.2 Å². The SMILES string of the molecule is CNS(=O)(=O)CC(=O)N1C[C@H](c2ccsc2)C[C@@H]1C. The molecule has 1 fully saturated rings. The third kappa shape index (κ3) is 3.34. The quantitative estimate of drug-likeness (QED) is 0.902. The molecule has 0 aliphatic carbocycles. The minimum atomic E-state index is -3.49. The van der Waals surface area contributed by atoms with Gasteiger partial charge in [0.1, 0.15) is 5.75 Å². The molecule has 1 saturated heterocycles. The number of carbonyl (C=O) groups excluding carboxylic acids is 1. The molecule has 1 aromatic rings. The Morgan fingerprint density at radius 3 is 2.89 bits per heavy atom. The highest BCUT2D eigenvalue weighted by Crippen LogP contribution is 2.32. The smallest absolute Gasteiger partial charge is 0.239 e. The van der Waals surface area contributed by atoms with Gasteiger partial charge in [-0.15, -0.1) is 0 Å². The maximum atomic E-state index is 12.1. The Morgan fingerprint density at radius 2 is 2.32 bits per heavy atom. The lowest BCUT2D eigenvalue weighted by Crippen LogP contribution is -2.40. The lowest BCUT2D eigenvalue weighted by molar-refractivity contribution is -0.128. The number of thiophene rings is 1. The molecule has 1 aliphatic rings. The average Bonchev–Trinajstić information content (AvgIpc) is 2.96. The first-order valence-corrected chi connectivity index (χ1v) is 8.75. The summed E-state index contributed by atoms with van der Waals surface area (Å²) in [5.41, 5.74) is 1.24. The molecular weight excluding hydrogens is 284 g/mol. The number of hydrogen-bond donors (Lipinski definition) is 1. The summed E-state index contributed by atoms with van der Waals surface area (Å²) in [7, 11) is -2.17. The van der Waals surface area contributed by atoms with E-state index in [0.29, 0.717) is 12.5 Å². The molecule has 5 nitrogen and oxygen atoms in total. The van der Waals surface area contributed by atoms with Crippen LogP contribution < -0.4 is 4.72 Å². The summed E-state index contributed by atoms with van der Waals surface area (Å²) in [5, 5.41) is 4.12. The van der Waals surface area contributed by atoms with Gasteiger partial charge in [-0.1, -0.05) is 0 Å². The van der Waals surface area contributed by atoms with Crippen LogP contribution in [0.2, 0.25) is 0 Å². The summed E-state index contributed by atoms with van der Waals surface area (Å²) < 4.78 is 25.0. The van der Waals surface area contributed by atoms with Gasteiger partial charge in [0.2, 0.25) is 15.9 Å². The zero-order valence-electron chi connectivity index (χ0n) is 11.0. The predicted octanol–water partition coefficient (Wildman–Crippen LogP) is 1.00. The van der Waals surface area contributed by atoms with Crippen molar-refractivity contribution in [1.82, 2.24) is 9.62 Å². The average molecular weight is 302 g/mol. The van der Waals surface area contributed by atoms with Gasteiger partial charge in [0.25, 0.3) is 0 Å². The van der Waals surface area contributed by atoms with Gasteiger partial charge >= 0.3 is 0 Å². The van der Waals surface area contributed by atoms with Crippen LogP contribution in [0.4, 0.5) is 0 Å². The molecular formula is C12H18N2O3S2. The van der Waals surface area contributed by atoms with Crippen LogP contribution in [0.25, 0.3) is 0 Å². The van der Waals surface area contributed by atoms with E-state index in [2.05, 4.69) is 16.2 Å². The van der Waals surface area contributed by atoms with Gasteiger partial charge in [-0.2, -0.15) is 11.3 Å². The molecule has 1 amide bonds. The van der Waals surface area contributed by atoms with Gasteiger partial charge in [-0.3, -0.25) is 4.79 Å². The third-order valence-electron chi connectivity index (χ3n) is 3.53. The molecule has 0 saturated carbocycles. The maximum absolute atomic E-state index is 12.1. The Hall–Kier alpha value is -0.920. The Morgan fingerprint density at radius 1 is 1.58 bits per heavy atom. The number of carbonyl (C=O) groups is 1. The standard InChI is InChI=1S/C12H18N2O3S2/c1-9-5-11(10-3-4-18-7-10)6-14(9)12(15)8-19(16,17)13-2/h3-4,7,9,11,13H,5-6,8H2,1-2H3/t9-,11+/m0/s1. The van der Waals surface area contributed by atoms with E-state index in [-0.39, 0.29) is 11.9 Å². The van der Waals surface area contributed by atoms with E-state index < -0.39 is 15.8 Å². The van der Waals surface area contributed by atoms with Crippen LogP contribution in [-0.4, -0.2) is 44.6 Å². The Balaban J connectivity index is 2.04. The van der Waals surface area contributed by atoms with Crippen LogP contribution in [0.15, 0.2) is 16.8 Å². The molecule has 1 aromatic heterocycles. The molecule has 1 N–H and O–H groups in total. The van der Waals surface area contributed by atoms with Crippen molar-refractivity contribution in [2.75, 3.05) is 19.3 Å². The lowest BCUT2D eigenvalue weighted by atomic mass is 10.00. The van der Waals surface area contributed by atoms with E-state index in [9.17, 15) is 13.2 Å². The second kappa shape index (κ2) is 5.60. The lowest BCUT2D eigenvalue weighted by Gasteiger charge is -2.21. The second-order valence-corrected chi connectivity index (χ2v) is 7.55. The largest absolute Gasteiger partial charge is 0.338 e. The number of nitrogens with one attached hydrogen (secondary N) is 1. The highest BCUT2D eigenvalue weighted by Gasteiger charge is 2.34. The zero-order valence-corrected chi connectivity index (χ0v) is 12.6. The summed E-state index contributed by atoms with van der Waals surface area (Å²) in [6, 6.07) is 2.16. The number of hydrogen-bond acceptors (Lipinski definition) is 4. The fraction of sp³-hybridized carbons (Fsp3) is 0.583. The van der Waals surface area contributed by atoms with Crippen molar-refractivity contribution in [1.29, 1.82) is 0 Å². The highest BCUT2D eigenvalue weighted by molar-refractivity contribution is 7.90. The molecule has 19 heavy (non-hydrogen) atoms. The molecule has 0 radical (unpaired) electrons. The van der Waals surface area contributed by atoms with Gasteiger partial charge in [0.15, 0.2) is 0 Å². The van der Waals surface area contributed by atoms with Crippen LogP contribution in [-0.2, 0) is 14.8 Å². The summed E-state index contributed by atoms with van der Waals surface area (Å²) >= 11 is 1.64. The van der Waals surface area contributed by atoms with Crippen molar-refractivity contribution in [3.63, 3.8) is 0 Å². The summed E-state index contributed by atoms with van der Waals surface area (Å²) in [4.78, 5) is 13.7. The summed E-state index contributed by atoms with van der Waals surface area (Å²) in [6.45, 7) is 2.58. The van der Waals surface area contributed by atoms with Gasteiger partial charge < -0.3 is 4.90 Å². The third-order valence-corrected chi connectivity index (χ3v) is 5.48. The van der Waals surface area contributed by atoms with Gasteiger partial charge in [-0.25, -0.2) is 13.1 Å². The number of nitrogens with zero attached hydrogens (tertiary/aromatic N) is 1. The number of rotatable bonds is 4. The molecule has 2 heterocycles. The van der Waals surface area contributed by atoms with Crippen LogP contribution in [0.3, 0.4) is 0 Å². The first-order valence-electron chi connectivity index (χ1n) is 6.15. The molecule has 2 rings (SSSR count). The van der Waals surface area contributed by atoms with E-state index in [4.69, 9.17) is 0 Å². The molecule has 0 spiro atoms. The normalized spacial score (nSPS) is 23.8. The van der Waals surface area contributed by atoms with Crippen LogP contribution in [0.5, 0.6) is 0 Å². The fourth-order valence-electron chi connectivity index (χ4n) is 2.44. The first-order chi connectivity index (χ1) is 8.93. The van der Waals surface area contributed by atoms with Crippen molar-refractivity contribution in [3.05, 3.63) is 22.4 Å². The minimum absolute atomic E-state index is 0.0875. The molecule has 1 aliphatic heterocycles. The number of sulfonamides is 1. The van der Waals surface area contributed by atoms with Crippen LogP contribution in [0, 0.1) is 0 Å². The number of likely N-dealkylation sites (tertiary alicyclic amines) is 1. The molecule has 2 atom stereocenters. The van der Waals surface area contributed by atoms with E-state index >= 15 is 0 Å². The van der Waals surface area contributed by atoms with Crippen molar-refractivity contribution in [3.8, 4) is 0 Å². The predicted molar refractivity (Wildman–Crippen MR) is 75.7 cm³/mol. The van der Waals surface area contributed by atoms with Gasteiger partial charge in [-0.05, 0) is 42.8 Å². The van der Waals surface area contributed by atoms with Crippen molar-refractivity contribution >= 4 is 27.3 Å². The van der Waals surface area contributed by atoms with E-state index in [0.717, 1.165) is 6.42 Å². The Bertz CT molecular complexity index is 539. The van der Waals surface area contributed by atoms with Crippen LogP contribution in [0.1, 0.15) is 24.8 Å². The van der Waals surface area contributed by atoms with Crippen molar-refractivity contribution < 1.29 is 13.2 Å². The molecule has 7 heteroatoms. The molecule has 0 bridgehead atoms. The second-order valence-electron chi connectivity index (χ2n) is 4.85. The Labute approximate surface area is 117 Å². The zero-order chi connectivity index (χ0) is 14.0. The minimum Gasteiger partial charge on any atom is -0.338 e. The monoisotopic (exact) mass is 302 g/mol.